The van der Waals surface area contributed by atoms with E-state index in [2.05, 4.69) is 34.3 Å². The number of nitrogens with zero attached hydrogens (tertiary/aromatic N) is 1. The molecule has 0 saturated carbocycles. The van der Waals surface area contributed by atoms with Crippen molar-refractivity contribution < 1.29 is 4.74 Å². The highest BCUT2D eigenvalue weighted by atomic mass is 32.2. The van der Waals surface area contributed by atoms with E-state index in [4.69, 9.17) is 4.74 Å². The normalized spacial score (nSPS) is 21.7. The maximum Gasteiger partial charge on any atom is 0.165 e. The largest absolute Gasteiger partial charge is 0.492 e. The number of rotatable bonds is 4. The summed E-state index contributed by atoms with van der Waals surface area (Å²) in [4.78, 5) is 7.42. The molecule has 2 atom stereocenters. The zero-order chi connectivity index (χ0) is 13.1. The van der Waals surface area contributed by atoms with Crippen LogP contribution in [-0.4, -0.2) is 28.4 Å². The van der Waals surface area contributed by atoms with Crippen molar-refractivity contribution in [2.75, 3.05) is 13.2 Å². The highest BCUT2D eigenvalue weighted by Gasteiger charge is 2.31. The van der Waals surface area contributed by atoms with Crippen molar-refractivity contribution in [3.05, 3.63) is 42.2 Å². The Morgan fingerprint density at radius 2 is 2.37 bits per heavy atom. The van der Waals surface area contributed by atoms with E-state index in [-0.39, 0.29) is 0 Å². The molecule has 4 nitrogen and oxygen atoms in total. The van der Waals surface area contributed by atoms with Crippen molar-refractivity contribution in [2.24, 2.45) is 0 Å². The van der Waals surface area contributed by atoms with E-state index < -0.39 is 0 Å². The predicted octanol–water partition coefficient (Wildman–Crippen LogP) is 2.61. The number of nitrogens with one attached hydrogen (secondary N) is 2. The fraction of sp³-hybridized carbons (Fsp3) is 0.357. The average molecular weight is 275 g/mol. The SMILES string of the molecule is CCNC1c2ccccc2OCC1Sc1ncc[nH]1. The Balaban J connectivity index is 1.85. The number of para-hydroxylation sites is 1. The number of benzene rings is 1. The molecular formula is C14H17N3OS. The summed E-state index contributed by atoms with van der Waals surface area (Å²) in [5.74, 6) is 0.991. The van der Waals surface area contributed by atoms with Gasteiger partial charge in [-0.3, -0.25) is 0 Å². The van der Waals surface area contributed by atoms with Crippen LogP contribution in [-0.2, 0) is 0 Å². The average Bonchev–Trinajstić information content (AvgIpc) is 2.94. The van der Waals surface area contributed by atoms with E-state index in [1.165, 1.54) is 5.56 Å². The minimum atomic E-state index is 0.296. The highest BCUT2D eigenvalue weighted by Crippen LogP contribution is 2.38. The van der Waals surface area contributed by atoms with E-state index in [1.807, 2.05) is 18.3 Å². The maximum absolute atomic E-state index is 5.86. The van der Waals surface area contributed by atoms with Crippen LogP contribution in [0.25, 0.3) is 0 Å². The molecule has 0 bridgehead atoms. The van der Waals surface area contributed by atoms with Crippen LogP contribution in [0.15, 0.2) is 41.8 Å². The molecule has 1 aromatic carbocycles. The number of aromatic amines is 1. The smallest absolute Gasteiger partial charge is 0.165 e. The van der Waals surface area contributed by atoms with Crippen LogP contribution in [0.3, 0.4) is 0 Å². The summed E-state index contributed by atoms with van der Waals surface area (Å²) < 4.78 is 5.86. The first-order valence-electron chi connectivity index (χ1n) is 6.49. The van der Waals surface area contributed by atoms with Gasteiger partial charge in [0.1, 0.15) is 12.4 Å². The first-order valence-corrected chi connectivity index (χ1v) is 7.37. The van der Waals surface area contributed by atoms with Gasteiger partial charge in [-0.05, 0) is 12.6 Å². The maximum atomic E-state index is 5.86. The molecule has 1 aliphatic heterocycles. The molecule has 5 heteroatoms. The molecule has 2 N–H and O–H groups in total. The Morgan fingerprint density at radius 1 is 1.47 bits per heavy atom. The summed E-state index contributed by atoms with van der Waals surface area (Å²) >= 11 is 1.73. The Bertz CT molecular complexity index is 529. The summed E-state index contributed by atoms with van der Waals surface area (Å²) in [5.41, 5.74) is 1.24. The van der Waals surface area contributed by atoms with Gasteiger partial charge in [-0.25, -0.2) is 4.98 Å². The summed E-state index contributed by atoms with van der Waals surface area (Å²) in [5, 5.41) is 4.82. The van der Waals surface area contributed by atoms with Crippen LogP contribution in [0.4, 0.5) is 0 Å². The topological polar surface area (TPSA) is 49.9 Å². The van der Waals surface area contributed by atoms with Crippen molar-refractivity contribution in [2.45, 2.75) is 23.4 Å². The van der Waals surface area contributed by atoms with Gasteiger partial charge in [0.2, 0.25) is 0 Å². The van der Waals surface area contributed by atoms with E-state index >= 15 is 0 Å². The lowest BCUT2D eigenvalue weighted by Crippen LogP contribution is -2.37. The summed E-state index contributed by atoms with van der Waals surface area (Å²) in [6.07, 6.45) is 3.63. The zero-order valence-corrected chi connectivity index (χ0v) is 11.6. The van der Waals surface area contributed by atoms with Gasteiger partial charge in [0.15, 0.2) is 5.16 Å². The van der Waals surface area contributed by atoms with Crippen LogP contribution in [0.1, 0.15) is 18.5 Å². The minimum Gasteiger partial charge on any atom is -0.492 e. The van der Waals surface area contributed by atoms with Gasteiger partial charge in [-0.1, -0.05) is 36.9 Å². The number of H-pyrrole nitrogens is 1. The molecular weight excluding hydrogens is 258 g/mol. The summed E-state index contributed by atoms with van der Waals surface area (Å²) in [6, 6.07) is 8.55. The molecule has 0 saturated heterocycles. The Labute approximate surface area is 117 Å². The van der Waals surface area contributed by atoms with Gasteiger partial charge in [0.25, 0.3) is 0 Å². The molecule has 0 amide bonds. The fourth-order valence-corrected chi connectivity index (χ4v) is 3.42. The third kappa shape index (κ3) is 2.62. The Morgan fingerprint density at radius 3 is 3.16 bits per heavy atom. The van der Waals surface area contributed by atoms with Gasteiger partial charge in [-0.2, -0.15) is 0 Å². The van der Waals surface area contributed by atoms with E-state index in [0.29, 0.717) is 17.9 Å². The molecule has 19 heavy (non-hydrogen) atoms. The molecule has 1 aromatic heterocycles. The van der Waals surface area contributed by atoms with Crippen LogP contribution >= 0.6 is 11.8 Å². The number of aromatic nitrogens is 2. The fourth-order valence-electron chi connectivity index (χ4n) is 2.36. The number of fused-ring (bicyclic) bond motifs is 1. The predicted molar refractivity (Wildman–Crippen MR) is 76.6 cm³/mol. The van der Waals surface area contributed by atoms with E-state index in [1.54, 1.807) is 18.0 Å². The van der Waals surface area contributed by atoms with Crippen molar-refractivity contribution >= 4 is 11.8 Å². The molecule has 1 aliphatic rings. The number of hydrogen-bond acceptors (Lipinski definition) is 4. The van der Waals surface area contributed by atoms with Gasteiger partial charge < -0.3 is 15.0 Å². The molecule has 2 aromatic rings. The lowest BCUT2D eigenvalue weighted by molar-refractivity contribution is 0.261. The lowest BCUT2D eigenvalue weighted by atomic mass is 10.0. The summed E-state index contributed by atoms with van der Waals surface area (Å²) in [7, 11) is 0. The van der Waals surface area contributed by atoms with Crippen LogP contribution in [0.5, 0.6) is 5.75 Å². The molecule has 0 aliphatic carbocycles. The van der Waals surface area contributed by atoms with Crippen LogP contribution in [0, 0.1) is 0 Å². The number of imidazole rings is 1. The quantitative estimate of drug-likeness (QED) is 0.900. The monoisotopic (exact) mass is 275 g/mol. The first kappa shape index (κ1) is 12.6. The van der Waals surface area contributed by atoms with Crippen molar-refractivity contribution in [1.29, 1.82) is 0 Å². The van der Waals surface area contributed by atoms with E-state index in [9.17, 15) is 0 Å². The van der Waals surface area contributed by atoms with Crippen molar-refractivity contribution in [3.8, 4) is 5.75 Å². The van der Waals surface area contributed by atoms with Crippen LogP contribution < -0.4 is 10.1 Å². The highest BCUT2D eigenvalue weighted by molar-refractivity contribution is 7.99. The number of thioether (sulfide) groups is 1. The molecule has 0 spiro atoms. The second-order valence-corrected chi connectivity index (χ2v) is 5.66. The lowest BCUT2D eigenvalue weighted by Gasteiger charge is -2.33. The molecule has 0 fully saturated rings. The number of hydrogen-bond donors (Lipinski definition) is 2. The molecule has 2 unspecified atom stereocenters. The summed E-state index contributed by atoms with van der Waals surface area (Å²) in [6.45, 7) is 3.76. The van der Waals surface area contributed by atoms with Crippen molar-refractivity contribution in [3.63, 3.8) is 0 Å². The molecule has 100 valence electrons. The van der Waals surface area contributed by atoms with Gasteiger partial charge in [0, 0.05) is 18.0 Å². The van der Waals surface area contributed by atoms with Gasteiger partial charge >= 0.3 is 0 Å². The van der Waals surface area contributed by atoms with Gasteiger partial charge in [-0.15, -0.1) is 0 Å². The third-order valence-electron chi connectivity index (χ3n) is 3.19. The second-order valence-electron chi connectivity index (χ2n) is 4.43. The van der Waals surface area contributed by atoms with Gasteiger partial charge in [0.05, 0.1) is 11.3 Å². The van der Waals surface area contributed by atoms with E-state index in [0.717, 1.165) is 17.5 Å². The molecule has 0 radical (unpaired) electrons. The van der Waals surface area contributed by atoms with Crippen molar-refractivity contribution in [1.82, 2.24) is 15.3 Å². The minimum absolute atomic E-state index is 0.296. The second kappa shape index (κ2) is 5.67. The molecule has 2 heterocycles. The Kier molecular flexibility index (Phi) is 3.75. The number of ether oxygens (including phenoxy) is 1. The zero-order valence-electron chi connectivity index (χ0n) is 10.8. The Hall–Kier alpha value is -1.46. The first-order chi connectivity index (χ1) is 9.38. The third-order valence-corrected chi connectivity index (χ3v) is 4.35. The standard InChI is InChI=1S/C14H17N3OS/c1-2-15-13-10-5-3-4-6-11(10)18-9-12(13)19-14-16-7-8-17-14/h3-8,12-13,15H,2,9H2,1H3,(H,16,17). The molecule has 3 rings (SSSR count). The van der Waals surface area contributed by atoms with Crippen LogP contribution in [0.2, 0.25) is 0 Å².